The third-order valence-corrected chi connectivity index (χ3v) is 6.51. The van der Waals surface area contributed by atoms with Crippen LogP contribution in [0.3, 0.4) is 0 Å². The van der Waals surface area contributed by atoms with Crippen LogP contribution < -0.4 is 21.7 Å². The quantitative estimate of drug-likeness (QED) is 0.117. The fraction of sp³-hybridized carbons (Fsp3) is 0.800. The Morgan fingerprint density at radius 3 is 2.30 bits per heavy atom. The van der Waals surface area contributed by atoms with Crippen LogP contribution in [0.4, 0.5) is 4.39 Å². The number of amides is 3. The van der Waals surface area contributed by atoms with E-state index in [2.05, 4.69) is 16.0 Å². The van der Waals surface area contributed by atoms with Crippen molar-refractivity contribution in [3.8, 4) is 0 Å². The average molecular weight is 528 g/mol. The number of halogens is 1. The van der Waals surface area contributed by atoms with Crippen molar-refractivity contribution < 1.29 is 23.6 Å². The first-order chi connectivity index (χ1) is 17.3. The van der Waals surface area contributed by atoms with Crippen LogP contribution in [0.2, 0.25) is 0 Å². The van der Waals surface area contributed by atoms with E-state index >= 15 is 0 Å². The van der Waals surface area contributed by atoms with E-state index in [1.165, 1.54) is 4.90 Å². The number of carbonyl (C=O) groups excluding carboxylic acids is 4. The highest BCUT2D eigenvalue weighted by Crippen LogP contribution is 2.21. The summed E-state index contributed by atoms with van der Waals surface area (Å²) in [5.41, 5.74) is 5.24. The Balaban J connectivity index is 2.95. The molecule has 37 heavy (non-hydrogen) atoms. The predicted octanol–water partition coefficient (Wildman–Crippen LogP) is 0.381. The van der Waals surface area contributed by atoms with Gasteiger partial charge in [0.2, 0.25) is 17.7 Å². The van der Waals surface area contributed by atoms with Crippen LogP contribution in [-0.4, -0.2) is 97.3 Å². The summed E-state index contributed by atoms with van der Waals surface area (Å²) in [6, 6.07) is -3.05. The standard InChI is InChI=1S/C25H46FN7O4/c1-15(2)13-19(32(5)6)23(36)31-21(16(3)4)24(37)33-12-8-10-18(33)22(35)30-17(20(34)14-26)9-7-11-29-25(27)28/h15-19,21H,7-14H2,1-6H3,(H,30,35)(H,31,36)(H4,27,28,29)/t17-,18-,19-,21-/m0/s1. The van der Waals surface area contributed by atoms with Crippen LogP contribution in [0.1, 0.15) is 59.8 Å². The third kappa shape index (κ3) is 10.3. The van der Waals surface area contributed by atoms with E-state index in [4.69, 9.17) is 11.1 Å². The highest BCUT2D eigenvalue weighted by Gasteiger charge is 2.40. The van der Waals surface area contributed by atoms with Crippen LogP contribution in [0.5, 0.6) is 0 Å². The lowest BCUT2D eigenvalue weighted by atomic mass is 9.98. The molecule has 0 aromatic rings. The minimum absolute atomic E-state index is 0.169. The molecule has 1 saturated heterocycles. The Hall–Kier alpha value is -2.76. The minimum Gasteiger partial charge on any atom is -0.370 e. The minimum atomic E-state index is -1.22. The molecule has 0 aromatic carbocycles. The molecule has 0 radical (unpaired) electrons. The van der Waals surface area contributed by atoms with Crippen molar-refractivity contribution in [2.75, 3.05) is 33.9 Å². The molecule has 0 spiro atoms. The van der Waals surface area contributed by atoms with Crippen molar-refractivity contribution in [2.45, 2.75) is 84.0 Å². The number of ketones is 1. The summed E-state index contributed by atoms with van der Waals surface area (Å²) >= 11 is 0. The maximum absolute atomic E-state index is 13.6. The van der Waals surface area contributed by atoms with Gasteiger partial charge in [-0.3, -0.25) is 29.5 Å². The first kappa shape index (κ1) is 32.3. The molecule has 0 saturated carbocycles. The maximum Gasteiger partial charge on any atom is 0.246 e. The maximum atomic E-state index is 13.6. The van der Waals surface area contributed by atoms with Gasteiger partial charge in [0, 0.05) is 13.1 Å². The average Bonchev–Trinajstić information content (AvgIpc) is 3.31. The van der Waals surface area contributed by atoms with Crippen LogP contribution >= 0.6 is 0 Å². The summed E-state index contributed by atoms with van der Waals surface area (Å²) in [4.78, 5) is 55.2. The van der Waals surface area contributed by atoms with Crippen molar-refractivity contribution in [3.05, 3.63) is 0 Å². The van der Waals surface area contributed by atoms with E-state index in [9.17, 15) is 23.6 Å². The molecule has 0 aliphatic carbocycles. The fourth-order valence-electron chi connectivity index (χ4n) is 4.45. The molecule has 0 aromatic heterocycles. The van der Waals surface area contributed by atoms with Crippen LogP contribution in [0.25, 0.3) is 0 Å². The lowest BCUT2D eigenvalue weighted by molar-refractivity contribution is -0.143. The number of carbonyl (C=O) groups is 4. The second-order valence-electron chi connectivity index (χ2n) is 10.7. The third-order valence-electron chi connectivity index (χ3n) is 6.51. The molecule has 212 valence electrons. The molecule has 0 bridgehead atoms. The van der Waals surface area contributed by atoms with E-state index < -0.39 is 42.5 Å². The number of rotatable bonds is 15. The second kappa shape index (κ2) is 15.5. The van der Waals surface area contributed by atoms with Gasteiger partial charge >= 0.3 is 0 Å². The van der Waals surface area contributed by atoms with Gasteiger partial charge in [-0.25, -0.2) is 4.39 Å². The van der Waals surface area contributed by atoms with Gasteiger partial charge in [0.1, 0.15) is 18.8 Å². The molecule has 12 heteroatoms. The predicted molar refractivity (Wildman–Crippen MR) is 140 cm³/mol. The molecule has 11 nitrogen and oxygen atoms in total. The number of guanidine groups is 1. The molecule has 6 N–H and O–H groups in total. The number of likely N-dealkylation sites (N-methyl/N-ethyl adjacent to an activating group) is 1. The number of hydrogen-bond acceptors (Lipinski definition) is 6. The Labute approximate surface area is 219 Å². The normalized spacial score (nSPS) is 18.0. The summed E-state index contributed by atoms with van der Waals surface area (Å²) in [6.07, 6.45) is 2.20. The van der Waals surface area contributed by atoms with E-state index in [1.807, 2.05) is 46.7 Å². The van der Waals surface area contributed by atoms with Gasteiger partial charge in [-0.1, -0.05) is 27.7 Å². The molecular formula is C25H46FN7O4. The molecule has 1 heterocycles. The number of nitrogens with zero attached hydrogens (tertiary/aromatic N) is 2. The van der Waals surface area contributed by atoms with E-state index in [0.29, 0.717) is 38.8 Å². The summed E-state index contributed by atoms with van der Waals surface area (Å²) in [7, 11) is 3.65. The van der Waals surface area contributed by atoms with Gasteiger partial charge in [0.15, 0.2) is 11.7 Å². The molecule has 1 rings (SSSR count). The molecule has 1 aliphatic rings. The van der Waals surface area contributed by atoms with E-state index in [0.717, 1.165) is 0 Å². The Bertz CT molecular complexity index is 806. The smallest absolute Gasteiger partial charge is 0.246 e. The van der Waals surface area contributed by atoms with Gasteiger partial charge in [0.25, 0.3) is 0 Å². The lowest BCUT2D eigenvalue weighted by Crippen LogP contribution is -2.58. The van der Waals surface area contributed by atoms with Crippen molar-refractivity contribution >= 4 is 29.5 Å². The van der Waals surface area contributed by atoms with Crippen LogP contribution in [0.15, 0.2) is 0 Å². The highest BCUT2D eigenvalue weighted by atomic mass is 19.1. The molecule has 1 fully saturated rings. The molecule has 3 amide bonds. The van der Waals surface area contributed by atoms with Gasteiger partial charge in [0.05, 0.1) is 12.1 Å². The van der Waals surface area contributed by atoms with Crippen LogP contribution in [0, 0.1) is 17.2 Å². The summed E-state index contributed by atoms with van der Waals surface area (Å²) < 4.78 is 13.1. The summed E-state index contributed by atoms with van der Waals surface area (Å²) in [6.45, 7) is 7.17. The number of nitrogens with two attached hydrogens (primary N) is 1. The monoisotopic (exact) mass is 527 g/mol. The topological polar surface area (TPSA) is 161 Å². The largest absolute Gasteiger partial charge is 0.370 e. The van der Waals surface area contributed by atoms with Gasteiger partial charge in [-0.15, -0.1) is 0 Å². The summed E-state index contributed by atoms with van der Waals surface area (Å²) in [5, 5.41) is 15.3. The number of alkyl halides is 1. The van der Waals surface area contributed by atoms with Crippen molar-refractivity contribution in [1.29, 1.82) is 5.41 Å². The van der Waals surface area contributed by atoms with Gasteiger partial charge in [-0.2, -0.15) is 0 Å². The molecule has 4 atom stereocenters. The molecule has 0 unspecified atom stereocenters. The Kier molecular flexibility index (Phi) is 13.5. The summed E-state index contributed by atoms with van der Waals surface area (Å²) in [5.74, 6) is -1.99. The first-order valence-corrected chi connectivity index (χ1v) is 13.0. The number of Topliss-reactive ketones (excluding diaryl/α,β-unsaturated/α-hetero) is 1. The van der Waals surface area contributed by atoms with Gasteiger partial charge < -0.3 is 26.6 Å². The van der Waals surface area contributed by atoms with Crippen molar-refractivity contribution in [2.24, 2.45) is 17.6 Å². The zero-order valence-electron chi connectivity index (χ0n) is 23.1. The Morgan fingerprint density at radius 2 is 1.78 bits per heavy atom. The first-order valence-electron chi connectivity index (χ1n) is 13.0. The van der Waals surface area contributed by atoms with Crippen molar-refractivity contribution in [3.63, 3.8) is 0 Å². The zero-order chi connectivity index (χ0) is 28.3. The number of nitrogens with one attached hydrogen (secondary N) is 4. The highest BCUT2D eigenvalue weighted by molar-refractivity contribution is 5.95. The number of hydrogen-bond donors (Lipinski definition) is 5. The lowest BCUT2D eigenvalue weighted by Gasteiger charge is -2.33. The van der Waals surface area contributed by atoms with E-state index in [-0.39, 0.29) is 36.0 Å². The van der Waals surface area contributed by atoms with Gasteiger partial charge in [-0.05, 0) is 58.0 Å². The number of likely N-dealkylation sites (tertiary alicyclic amines) is 1. The fourth-order valence-corrected chi connectivity index (χ4v) is 4.45. The van der Waals surface area contributed by atoms with Crippen LogP contribution in [-0.2, 0) is 19.2 Å². The van der Waals surface area contributed by atoms with E-state index in [1.54, 1.807) is 0 Å². The second-order valence-corrected chi connectivity index (χ2v) is 10.7. The zero-order valence-corrected chi connectivity index (χ0v) is 23.1. The van der Waals surface area contributed by atoms with Crippen molar-refractivity contribution in [1.82, 2.24) is 25.8 Å². The SMILES string of the molecule is CC(C)C[C@@H](C(=O)N[C@H](C(=O)N1CCC[C@H]1C(=O)N[C@@H](CCCNC(=N)N)C(=O)CF)C(C)C)N(C)C. The molecule has 1 aliphatic heterocycles. The Morgan fingerprint density at radius 1 is 1.14 bits per heavy atom. The molecular weight excluding hydrogens is 481 g/mol.